The number of hydrogen-bond donors (Lipinski definition) is 1. The molecule has 1 unspecified atom stereocenters. The van der Waals surface area contributed by atoms with Gasteiger partial charge in [0.25, 0.3) is 0 Å². The molecule has 0 aliphatic heterocycles. The first-order valence-electron chi connectivity index (χ1n) is 8.91. The van der Waals surface area contributed by atoms with Gasteiger partial charge < -0.3 is 14.6 Å². The standard InChI is InChI=1S/C23H23BrN2O3/c1-16(18-10-5-6-11-19(18)24)9-7-8-12-29-21-15-26-14-20(28-4)22(21)23(3,27)17(2)13-25/h5-12,14-15,17,27H,1H2,2-4H3/b9-7-,12-8-/t17-,23?/m1/s1. The van der Waals surface area contributed by atoms with E-state index in [0.29, 0.717) is 17.1 Å². The number of pyridine rings is 1. The third kappa shape index (κ3) is 5.35. The van der Waals surface area contributed by atoms with Gasteiger partial charge in [-0.3, -0.25) is 4.98 Å². The Hall–Kier alpha value is -2.88. The fourth-order valence-corrected chi connectivity index (χ4v) is 3.19. The SMILES string of the molecule is C=C(/C=C\C=C/Oc1cncc(OC)c1C(C)(O)[C@H](C)C#N)c1ccccc1Br. The first kappa shape index (κ1) is 22.4. The lowest BCUT2D eigenvalue weighted by Crippen LogP contribution is -2.30. The Morgan fingerprint density at radius 3 is 2.66 bits per heavy atom. The van der Waals surface area contributed by atoms with Gasteiger partial charge in [-0.2, -0.15) is 5.26 Å². The molecule has 1 aromatic heterocycles. The molecule has 0 radical (unpaired) electrons. The summed E-state index contributed by atoms with van der Waals surface area (Å²) in [5, 5.41) is 20.2. The minimum atomic E-state index is -1.48. The first-order valence-corrected chi connectivity index (χ1v) is 9.70. The summed E-state index contributed by atoms with van der Waals surface area (Å²) in [6.07, 6.45) is 9.78. The van der Waals surface area contributed by atoms with E-state index in [-0.39, 0.29) is 0 Å². The Bertz CT molecular complexity index is 974. The Morgan fingerprint density at radius 2 is 2.00 bits per heavy atom. The summed E-state index contributed by atoms with van der Waals surface area (Å²) in [5.41, 5.74) is 0.737. The molecule has 0 aliphatic rings. The molecule has 150 valence electrons. The average molecular weight is 455 g/mol. The second-order valence-electron chi connectivity index (χ2n) is 6.52. The number of allylic oxidation sites excluding steroid dienone is 4. The molecule has 0 fully saturated rings. The number of nitrogens with zero attached hydrogens (tertiary/aromatic N) is 2. The molecule has 2 aromatic rings. The zero-order valence-electron chi connectivity index (χ0n) is 16.6. The van der Waals surface area contributed by atoms with Crippen LogP contribution in [0.2, 0.25) is 0 Å². The van der Waals surface area contributed by atoms with Gasteiger partial charge >= 0.3 is 0 Å². The first-order chi connectivity index (χ1) is 13.8. The molecular formula is C23H23BrN2O3. The topological polar surface area (TPSA) is 75.4 Å². The monoisotopic (exact) mass is 454 g/mol. The molecular weight excluding hydrogens is 432 g/mol. The quantitative estimate of drug-likeness (QED) is 0.427. The number of ether oxygens (including phenoxy) is 2. The lowest BCUT2D eigenvalue weighted by atomic mass is 9.84. The van der Waals surface area contributed by atoms with Gasteiger partial charge in [-0.1, -0.05) is 52.9 Å². The zero-order valence-corrected chi connectivity index (χ0v) is 18.2. The fraction of sp³-hybridized carbons (Fsp3) is 0.217. The van der Waals surface area contributed by atoms with Gasteiger partial charge in [-0.25, -0.2) is 0 Å². The van der Waals surface area contributed by atoms with Crippen molar-refractivity contribution in [3.63, 3.8) is 0 Å². The highest BCUT2D eigenvalue weighted by atomic mass is 79.9. The van der Waals surface area contributed by atoms with E-state index in [2.05, 4.69) is 33.6 Å². The summed E-state index contributed by atoms with van der Waals surface area (Å²) in [7, 11) is 1.48. The molecule has 2 atom stereocenters. The van der Waals surface area contributed by atoms with Crippen molar-refractivity contribution in [2.45, 2.75) is 19.4 Å². The van der Waals surface area contributed by atoms with E-state index in [4.69, 9.17) is 9.47 Å². The molecule has 2 rings (SSSR count). The molecule has 0 bridgehead atoms. The summed E-state index contributed by atoms with van der Waals surface area (Å²) in [6, 6.07) is 9.89. The van der Waals surface area contributed by atoms with Gasteiger partial charge in [0, 0.05) is 4.47 Å². The number of aliphatic hydroxyl groups is 1. The van der Waals surface area contributed by atoms with Gasteiger partial charge in [-0.05, 0) is 37.1 Å². The van der Waals surface area contributed by atoms with E-state index >= 15 is 0 Å². The zero-order chi connectivity index (χ0) is 21.4. The van der Waals surface area contributed by atoms with Crippen molar-refractivity contribution < 1.29 is 14.6 Å². The number of hydrogen-bond acceptors (Lipinski definition) is 5. The Balaban J connectivity index is 2.20. The summed E-state index contributed by atoms with van der Waals surface area (Å²) in [5.74, 6) is -0.0238. The molecule has 1 aromatic carbocycles. The summed E-state index contributed by atoms with van der Waals surface area (Å²) in [6.45, 7) is 7.24. The molecule has 1 N–H and O–H groups in total. The fourth-order valence-electron chi connectivity index (χ4n) is 2.65. The van der Waals surface area contributed by atoms with Crippen molar-refractivity contribution in [3.05, 3.63) is 83.3 Å². The largest absolute Gasteiger partial charge is 0.495 e. The predicted octanol–water partition coefficient (Wildman–Crippen LogP) is 5.38. The van der Waals surface area contributed by atoms with Crippen LogP contribution in [-0.2, 0) is 5.60 Å². The van der Waals surface area contributed by atoms with Crippen molar-refractivity contribution in [3.8, 4) is 17.6 Å². The predicted molar refractivity (Wildman–Crippen MR) is 117 cm³/mol. The van der Waals surface area contributed by atoms with Crippen molar-refractivity contribution in [2.75, 3.05) is 7.11 Å². The van der Waals surface area contributed by atoms with Gasteiger partial charge in [-0.15, -0.1) is 0 Å². The second kappa shape index (κ2) is 10.1. The number of halogens is 1. The second-order valence-corrected chi connectivity index (χ2v) is 7.38. The smallest absolute Gasteiger partial charge is 0.154 e. The van der Waals surface area contributed by atoms with Crippen LogP contribution in [0.4, 0.5) is 0 Å². The summed E-state index contributed by atoms with van der Waals surface area (Å²) in [4.78, 5) is 4.08. The van der Waals surface area contributed by atoms with Gasteiger partial charge in [0.05, 0.1) is 43.3 Å². The van der Waals surface area contributed by atoms with Gasteiger partial charge in [0.2, 0.25) is 0 Å². The third-order valence-electron chi connectivity index (χ3n) is 4.54. The van der Waals surface area contributed by atoms with E-state index in [1.165, 1.54) is 25.8 Å². The Kier molecular flexibility index (Phi) is 7.77. The highest BCUT2D eigenvalue weighted by Gasteiger charge is 2.36. The molecule has 6 heteroatoms. The van der Waals surface area contributed by atoms with Crippen LogP contribution >= 0.6 is 15.9 Å². The highest BCUT2D eigenvalue weighted by Crippen LogP contribution is 2.41. The van der Waals surface area contributed by atoms with Crippen LogP contribution in [-0.4, -0.2) is 17.2 Å². The highest BCUT2D eigenvalue weighted by molar-refractivity contribution is 9.10. The van der Waals surface area contributed by atoms with Crippen LogP contribution in [0, 0.1) is 17.2 Å². The number of aromatic nitrogens is 1. The Labute approximate surface area is 179 Å². The minimum Gasteiger partial charge on any atom is -0.495 e. The summed E-state index contributed by atoms with van der Waals surface area (Å²) < 4.78 is 12.0. The van der Waals surface area contributed by atoms with E-state index < -0.39 is 11.5 Å². The maximum atomic E-state index is 10.9. The maximum Gasteiger partial charge on any atom is 0.154 e. The van der Waals surface area contributed by atoms with Gasteiger partial charge in [0.1, 0.15) is 11.4 Å². The van der Waals surface area contributed by atoms with Crippen molar-refractivity contribution >= 4 is 21.5 Å². The molecule has 0 spiro atoms. The van der Waals surface area contributed by atoms with Crippen LogP contribution in [0.3, 0.4) is 0 Å². The Morgan fingerprint density at radius 1 is 1.31 bits per heavy atom. The molecule has 1 heterocycles. The normalized spacial score (nSPS) is 14.3. The van der Waals surface area contributed by atoms with Crippen LogP contribution in [0.15, 0.2) is 72.2 Å². The lowest BCUT2D eigenvalue weighted by Gasteiger charge is -2.29. The molecule has 0 aliphatic carbocycles. The number of rotatable bonds is 8. The van der Waals surface area contributed by atoms with E-state index in [9.17, 15) is 10.4 Å². The van der Waals surface area contributed by atoms with Crippen LogP contribution < -0.4 is 9.47 Å². The van der Waals surface area contributed by atoms with E-state index in [0.717, 1.165) is 15.6 Å². The average Bonchev–Trinajstić information content (AvgIpc) is 2.72. The molecule has 0 amide bonds. The molecule has 29 heavy (non-hydrogen) atoms. The molecule has 0 saturated carbocycles. The van der Waals surface area contributed by atoms with Crippen molar-refractivity contribution in [1.82, 2.24) is 4.98 Å². The number of methoxy groups -OCH3 is 1. The van der Waals surface area contributed by atoms with Gasteiger partial charge in [0.15, 0.2) is 5.75 Å². The third-order valence-corrected chi connectivity index (χ3v) is 5.23. The minimum absolute atomic E-state index is 0.311. The molecule has 5 nitrogen and oxygen atoms in total. The maximum absolute atomic E-state index is 10.9. The van der Waals surface area contributed by atoms with Crippen LogP contribution in [0.1, 0.15) is 25.0 Å². The molecule has 0 saturated heterocycles. The van der Waals surface area contributed by atoms with E-state index in [1.807, 2.05) is 30.3 Å². The van der Waals surface area contributed by atoms with E-state index in [1.54, 1.807) is 26.0 Å². The van der Waals surface area contributed by atoms with Crippen molar-refractivity contribution in [2.24, 2.45) is 5.92 Å². The van der Waals surface area contributed by atoms with Crippen LogP contribution in [0.5, 0.6) is 11.5 Å². The van der Waals surface area contributed by atoms with Crippen LogP contribution in [0.25, 0.3) is 5.57 Å². The summed E-state index contributed by atoms with van der Waals surface area (Å²) >= 11 is 3.50. The number of nitriles is 1. The lowest BCUT2D eigenvalue weighted by molar-refractivity contribution is 0.0189. The van der Waals surface area contributed by atoms with Crippen molar-refractivity contribution in [1.29, 1.82) is 5.26 Å². The number of benzene rings is 1.